The van der Waals surface area contributed by atoms with E-state index in [1.807, 2.05) is 24.3 Å². The van der Waals surface area contributed by atoms with Crippen molar-refractivity contribution in [3.05, 3.63) is 95.1 Å². The molecule has 0 saturated heterocycles. The van der Waals surface area contributed by atoms with Gasteiger partial charge in [-0.05, 0) is 70.0 Å². The molecule has 0 heterocycles. The summed E-state index contributed by atoms with van der Waals surface area (Å²) in [7, 11) is 0. The summed E-state index contributed by atoms with van der Waals surface area (Å²) in [6, 6.07) is 24.8. The number of rotatable bonds is 5. The number of benzene rings is 4. The molecule has 5 rings (SSSR count). The summed E-state index contributed by atoms with van der Waals surface area (Å²) in [4.78, 5) is 26.2. The number of fused-ring (bicyclic) bond motifs is 5. The minimum absolute atomic E-state index is 0.0171. The number of carbonyl (C=O) groups is 2. The molecule has 2 unspecified atom stereocenters. The lowest BCUT2D eigenvalue weighted by Gasteiger charge is -2.39. The van der Waals surface area contributed by atoms with Gasteiger partial charge < -0.3 is 5.73 Å². The molecule has 2 atom stereocenters. The van der Waals surface area contributed by atoms with Gasteiger partial charge in [0.1, 0.15) is 5.54 Å². The molecule has 0 saturated carbocycles. The number of ketones is 2. The highest BCUT2D eigenvalue weighted by atomic mass is 16.1. The molecule has 1 aliphatic carbocycles. The molecule has 0 amide bonds. The Morgan fingerprint density at radius 2 is 1.56 bits per heavy atom. The van der Waals surface area contributed by atoms with Crippen LogP contribution < -0.4 is 5.73 Å². The van der Waals surface area contributed by atoms with Crippen molar-refractivity contribution < 1.29 is 9.59 Å². The van der Waals surface area contributed by atoms with E-state index in [0.717, 1.165) is 44.7 Å². The van der Waals surface area contributed by atoms with Crippen LogP contribution in [0.5, 0.6) is 0 Å². The number of nitrogens with two attached hydrogens (primary N) is 1. The first-order valence-corrected chi connectivity index (χ1v) is 12.2. The van der Waals surface area contributed by atoms with Crippen molar-refractivity contribution in [2.75, 3.05) is 0 Å². The molecule has 0 spiro atoms. The van der Waals surface area contributed by atoms with Gasteiger partial charge in [-0.1, -0.05) is 80.6 Å². The van der Waals surface area contributed by atoms with Gasteiger partial charge in [-0.15, -0.1) is 0 Å². The first kappa shape index (κ1) is 22.5. The van der Waals surface area contributed by atoms with Crippen molar-refractivity contribution in [3.63, 3.8) is 0 Å². The molecule has 4 aromatic carbocycles. The smallest absolute Gasteiger partial charge is 0.163 e. The van der Waals surface area contributed by atoms with Gasteiger partial charge in [0.05, 0.1) is 0 Å². The predicted molar refractivity (Wildman–Crippen MR) is 139 cm³/mol. The van der Waals surface area contributed by atoms with Gasteiger partial charge >= 0.3 is 0 Å². The van der Waals surface area contributed by atoms with Crippen LogP contribution in [-0.4, -0.2) is 11.6 Å². The van der Waals surface area contributed by atoms with E-state index in [9.17, 15) is 9.59 Å². The van der Waals surface area contributed by atoms with E-state index in [2.05, 4.69) is 62.4 Å². The maximum atomic E-state index is 13.4. The van der Waals surface area contributed by atoms with E-state index in [4.69, 9.17) is 5.73 Å². The average Bonchev–Trinajstić information content (AvgIpc) is 2.83. The van der Waals surface area contributed by atoms with E-state index < -0.39 is 5.54 Å². The monoisotopic (exact) mass is 449 g/mol. The second-order valence-corrected chi connectivity index (χ2v) is 10.1. The van der Waals surface area contributed by atoms with Gasteiger partial charge in [-0.3, -0.25) is 9.59 Å². The molecule has 0 aromatic heterocycles. The average molecular weight is 450 g/mol. The second kappa shape index (κ2) is 8.48. The lowest BCUT2D eigenvalue weighted by Crippen LogP contribution is -2.47. The summed E-state index contributed by atoms with van der Waals surface area (Å²) in [5, 5.41) is 4.19. The lowest BCUT2D eigenvalue weighted by molar-refractivity contribution is -0.122. The maximum Gasteiger partial charge on any atom is 0.163 e. The standard InChI is InChI=1S/C31H31NO2/c1-19(2)17-29(34)26-18-27-25(23-11-7-8-12-24(23)26)13-14-28-30(27)22(21-9-5-4-6-10-21)15-16-31(28,32)20(3)33/h4-14,18-19,22H,15-17,32H2,1-3H3. The number of hydrogen-bond donors (Lipinski definition) is 1. The summed E-state index contributed by atoms with van der Waals surface area (Å²) < 4.78 is 0. The van der Waals surface area contributed by atoms with Crippen LogP contribution in [0.4, 0.5) is 0 Å². The Morgan fingerprint density at radius 1 is 0.912 bits per heavy atom. The van der Waals surface area contributed by atoms with Crippen molar-refractivity contribution in [2.45, 2.75) is 51.5 Å². The zero-order valence-corrected chi connectivity index (χ0v) is 20.1. The summed E-state index contributed by atoms with van der Waals surface area (Å²) in [6.07, 6.45) is 1.89. The molecular formula is C31H31NO2. The molecule has 34 heavy (non-hydrogen) atoms. The van der Waals surface area contributed by atoms with Crippen molar-refractivity contribution in [1.82, 2.24) is 0 Å². The van der Waals surface area contributed by atoms with Crippen molar-refractivity contribution in [1.29, 1.82) is 0 Å². The molecule has 2 N–H and O–H groups in total. The second-order valence-electron chi connectivity index (χ2n) is 10.1. The molecule has 3 nitrogen and oxygen atoms in total. The Morgan fingerprint density at radius 3 is 2.24 bits per heavy atom. The van der Waals surface area contributed by atoms with E-state index in [1.54, 1.807) is 6.92 Å². The fourth-order valence-electron chi connectivity index (χ4n) is 5.71. The molecule has 4 aromatic rings. The van der Waals surface area contributed by atoms with Crippen LogP contribution in [0.3, 0.4) is 0 Å². The summed E-state index contributed by atoms with van der Waals surface area (Å²) >= 11 is 0. The first-order chi connectivity index (χ1) is 16.3. The summed E-state index contributed by atoms with van der Waals surface area (Å²) in [6.45, 7) is 5.74. The van der Waals surface area contributed by atoms with Gasteiger partial charge in [0, 0.05) is 17.9 Å². The van der Waals surface area contributed by atoms with Crippen molar-refractivity contribution in [2.24, 2.45) is 11.7 Å². The largest absolute Gasteiger partial charge is 0.315 e. The van der Waals surface area contributed by atoms with E-state index in [-0.39, 0.29) is 23.4 Å². The van der Waals surface area contributed by atoms with Gasteiger partial charge in [-0.2, -0.15) is 0 Å². The molecule has 1 aliphatic rings. The van der Waals surface area contributed by atoms with Crippen LogP contribution in [0.1, 0.15) is 73.0 Å². The third-order valence-electron chi connectivity index (χ3n) is 7.46. The molecule has 0 radical (unpaired) electrons. The maximum absolute atomic E-state index is 13.4. The van der Waals surface area contributed by atoms with Crippen LogP contribution in [0, 0.1) is 5.92 Å². The third-order valence-corrected chi connectivity index (χ3v) is 7.46. The van der Waals surface area contributed by atoms with Crippen molar-refractivity contribution >= 4 is 33.1 Å². The minimum atomic E-state index is -1.01. The van der Waals surface area contributed by atoms with Crippen LogP contribution in [0.15, 0.2) is 72.8 Å². The third kappa shape index (κ3) is 3.56. The lowest BCUT2D eigenvalue weighted by atomic mass is 9.67. The molecule has 0 aliphatic heterocycles. The minimum Gasteiger partial charge on any atom is -0.315 e. The zero-order chi connectivity index (χ0) is 24.0. The highest BCUT2D eigenvalue weighted by Crippen LogP contribution is 2.48. The number of carbonyl (C=O) groups excluding carboxylic acids is 2. The number of hydrogen-bond acceptors (Lipinski definition) is 3. The Hall–Kier alpha value is -3.30. The normalized spacial score (nSPS) is 20.0. The topological polar surface area (TPSA) is 60.2 Å². The Balaban J connectivity index is 1.89. The zero-order valence-electron chi connectivity index (χ0n) is 20.1. The van der Waals surface area contributed by atoms with E-state index in [1.165, 1.54) is 5.56 Å². The molecule has 172 valence electrons. The highest BCUT2D eigenvalue weighted by Gasteiger charge is 2.41. The molecule has 0 fully saturated rings. The van der Waals surface area contributed by atoms with Gasteiger partial charge in [0.2, 0.25) is 0 Å². The van der Waals surface area contributed by atoms with Crippen molar-refractivity contribution in [3.8, 4) is 0 Å². The number of Topliss-reactive ketones (excluding diaryl/α,β-unsaturated/α-hetero) is 2. The molecule has 3 heteroatoms. The first-order valence-electron chi connectivity index (χ1n) is 12.2. The summed E-state index contributed by atoms with van der Waals surface area (Å²) in [5.41, 5.74) is 9.75. The SMILES string of the molecule is CC(=O)C1(N)CCC(c2ccccc2)c2c1ccc1c2cc(C(=O)CC(C)C)c2ccccc21. The van der Waals surface area contributed by atoms with E-state index >= 15 is 0 Å². The Kier molecular flexibility index (Phi) is 5.61. The van der Waals surface area contributed by atoms with Crippen LogP contribution in [0.2, 0.25) is 0 Å². The van der Waals surface area contributed by atoms with Crippen LogP contribution in [0.25, 0.3) is 21.5 Å². The van der Waals surface area contributed by atoms with Crippen LogP contribution >= 0.6 is 0 Å². The fourth-order valence-corrected chi connectivity index (χ4v) is 5.71. The fraction of sp³-hybridized carbons (Fsp3) is 0.290. The van der Waals surface area contributed by atoms with Gasteiger partial charge in [0.25, 0.3) is 0 Å². The highest BCUT2D eigenvalue weighted by molar-refractivity contribution is 6.18. The van der Waals surface area contributed by atoms with E-state index in [0.29, 0.717) is 12.8 Å². The Bertz CT molecular complexity index is 1420. The Labute approximate surface area is 201 Å². The molecule has 0 bridgehead atoms. The van der Waals surface area contributed by atoms with Gasteiger partial charge in [0.15, 0.2) is 11.6 Å². The predicted octanol–water partition coefficient (Wildman–Crippen LogP) is 6.89. The van der Waals surface area contributed by atoms with Crippen LogP contribution in [-0.2, 0) is 10.3 Å². The molecular weight excluding hydrogens is 418 g/mol. The quantitative estimate of drug-likeness (QED) is 0.266. The summed E-state index contributed by atoms with van der Waals surface area (Å²) in [5.74, 6) is 0.531. The van der Waals surface area contributed by atoms with Gasteiger partial charge in [-0.25, -0.2) is 0 Å².